The fourth-order valence-corrected chi connectivity index (χ4v) is 2.68. The molecule has 2 rings (SSSR count). The van der Waals surface area contributed by atoms with Crippen molar-refractivity contribution in [3.63, 3.8) is 0 Å². The molecule has 0 unspecified atom stereocenters. The molecule has 0 aliphatic heterocycles. The maximum absolute atomic E-state index is 5.82. The number of nitrogens with two attached hydrogens (primary N) is 1. The Balaban J connectivity index is 1.72. The first-order chi connectivity index (χ1) is 11.2. The summed E-state index contributed by atoms with van der Waals surface area (Å²) in [7, 11) is 0. The van der Waals surface area contributed by atoms with Crippen molar-refractivity contribution in [3.8, 4) is 5.75 Å². The van der Waals surface area contributed by atoms with Gasteiger partial charge in [-0.2, -0.15) is 8.75 Å². The van der Waals surface area contributed by atoms with Crippen molar-refractivity contribution in [1.29, 1.82) is 0 Å². The van der Waals surface area contributed by atoms with Gasteiger partial charge in [0.25, 0.3) is 0 Å². The van der Waals surface area contributed by atoms with E-state index >= 15 is 0 Å². The van der Waals surface area contributed by atoms with Gasteiger partial charge in [0.1, 0.15) is 5.75 Å². The molecule has 1 aromatic heterocycles. The lowest BCUT2D eigenvalue weighted by atomic mass is 10.2. The number of hydrogen-bond acceptors (Lipinski definition) is 7. The molecular formula is C16H25N5OS. The second-order valence-electron chi connectivity index (χ2n) is 5.24. The standard InChI is InChI=1S/C16H25N5OS/c1-3-21(4-2)12-13-7-5-8-14(11-13)22-10-6-9-18-16-15(17)19-23-20-16/h5,7-8,11H,3-4,6,9-10,12H2,1-2H3,(H2,17,19)(H,18,20). The van der Waals surface area contributed by atoms with Crippen LogP contribution in [0.2, 0.25) is 0 Å². The highest BCUT2D eigenvalue weighted by Gasteiger charge is 2.04. The van der Waals surface area contributed by atoms with E-state index in [1.54, 1.807) is 0 Å². The highest BCUT2D eigenvalue weighted by Crippen LogP contribution is 2.16. The zero-order chi connectivity index (χ0) is 16.5. The van der Waals surface area contributed by atoms with Crippen LogP contribution in [-0.2, 0) is 6.54 Å². The quantitative estimate of drug-likeness (QED) is 0.650. The summed E-state index contributed by atoms with van der Waals surface area (Å²) in [5, 5.41) is 3.16. The van der Waals surface area contributed by atoms with Crippen LogP contribution in [0.1, 0.15) is 25.8 Å². The molecule has 2 aromatic rings. The lowest BCUT2D eigenvalue weighted by Gasteiger charge is -2.18. The van der Waals surface area contributed by atoms with Crippen LogP contribution < -0.4 is 15.8 Å². The van der Waals surface area contributed by atoms with Crippen molar-refractivity contribution < 1.29 is 4.74 Å². The fraction of sp³-hybridized carbons (Fsp3) is 0.500. The number of nitrogens with zero attached hydrogens (tertiary/aromatic N) is 3. The van der Waals surface area contributed by atoms with Gasteiger partial charge in [0, 0.05) is 13.1 Å². The van der Waals surface area contributed by atoms with Crippen LogP contribution in [-0.4, -0.2) is 39.9 Å². The van der Waals surface area contributed by atoms with Gasteiger partial charge in [0.2, 0.25) is 0 Å². The third kappa shape index (κ3) is 5.69. The maximum atomic E-state index is 5.82. The maximum Gasteiger partial charge on any atom is 0.184 e. The number of aromatic nitrogens is 2. The monoisotopic (exact) mass is 335 g/mol. The molecule has 0 spiro atoms. The molecule has 1 aromatic carbocycles. The van der Waals surface area contributed by atoms with Gasteiger partial charge >= 0.3 is 0 Å². The van der Waals surface area contributed by atoms with Crippen LogP contribution in [0, 0.1) is 0 Å². The number of rotatable bonds is 10. The summed E-state index contributed by atoms with van der Waals surface area (Å²) >= 11 is 1.11. The minimum atomic E-state index is 0.458. The molecule has 7 heteroatoms. The van der Waals surface area contributed by atoms with Gasteiger partial charge in [0.05, 0.1) is 18.3 Å². The van der Waals surface area contributed by atoms with Crippen molar-refractivity contribution in [3.05, 3.63) is 29.8 Å². The van der Waals surface area contributed by atoms with Gasteiger partial charge < -0.3 is 15.8 Å². The fourth-order valence-electron chi connectivity index (χ4n) is 2.23. The summed E-state index contributed by atoms with van der Waals surface area (Å²) in [5.74, 6) is 2.04. The Morgan fingerprint density at radius 2 is 2.09 bits per heavy atom. The largest absolute Gasteiger partial charge is 0.494 e. The predicted molar refractivity (Wildman–Crippen MR) is 96.0 cm³/mol. The topological polar surface area (TPSA) is 76.3 Å². The van der Waals surface area contributed by atoms with Gasteiger partial charge in [-0.25, -0.2) is 0 Å². The van der Waals surface area contributed by atoms with E-state index in [1.807, 2.05) is 12.1 Å². The van der Waals surface area contributed by atoms with Crippen molar-refractivity contribution in [2.24, 2.45) is 0 Å². The molecule has 0 bridgehead atoms. The van der Waals surface area contributed by atoms with E-state index in [0.717, 1.165) is 50.1 Å². The minimum Gasteiger partial charge on any atom is -0.494 e. The number of anilines is 2. The Hall–Kier alpha value is -1.86. The van der Waals surface area contributed by atoms with Gasteiger partial charge in [-0.05, 0) is 37.2 Å². The smallest absolute Gasteiger partial charge is 0.184 e. The van der Waals surface area contributed by atoms with Gasteiger partial charge in [-0.1, -0.05) is 26.0 Å². The summed E-state index contributed by atoms with van der Waals surface area (Å²) < 4.78 is 13.8. The SMILES string of the molecule is CCN(CC)Cc1cccc(OCCCNc2nsnc2N)c1. The Morgan fingerprint density at radius 3 is 2.78 bits per heavy atom. The molecule has 6 nitrogen and oxygen atoms in total. The molecule has 1 heterocycles. The average Bonchev–Trinajstić information content (AvgIpc) is 2.98. The molecule has 0 saturated carbocycles. The second-order valence-corrected chi connectivity index (χ2v) is 5.76. The van der Waals surface area contributed by atoms with Gasteiger partial charge in [0.15, 0.2) is 11.6 Å². The lowest BCUT2D eigenvalue weighted by molar-refractivity contribution is 0.292. The van der Waals surface area contributed by atoms with Gasteiger partial charge in [-0.3, -0.25) is 4.90 Å². The number of benzene rings is 1. The van der Waals surface area contributed by atoms with Crippen LogP contribution in [0.25, 0.3) is 0 Å². The number of hydrogen-bond donors (Lipinski definition) is 2. The summed E-state index contributed by atoms with van der Waals surface area (Å²) in [6, 6.07) is 8.31. The Morgan fingerprint density at radius 1 is 1.26 bits per heavy atom. The van der Waals surface area contributed by atoms with Crippen molar-refractivity contribution >= 4 is 23.4 Å². The van der Waals surface area contributed by atoms with E-state index in [4.69, 9.17) is 10.5 Å². The Bertz CT molecular complexity index is 585. The zero-order valence-electron chi connectivity index (χ0n) is 13.8. The molecule has 0 fully saturated rings. The Kier molecular flexibility index (Phi) is 7.09. The molecule has 126 valence electrons. The predicted octanol–water partition coefficient (Wildman–Crippen LogP) is 2.84. The highest BCUT2D eigenvalue weighted by molar-refractivity contribution is 6.99. The van der Waals surface area contributed by atoms with Crippen LogP contribution in [0.4, 0.5) is 11.6 Å². The summed E-state index contributed by atoms with van der Waals surface area (Å²) in [6.45, 7) is 8.85. The first kappa shape index (κ1) is 17.5. The molecule has 0 aliphatic carbocycles. The second kappa shape index (κ2) is 9.32. The van der Waals surface area contributed by atoms with E-state index in [9.17, 15) is 0 Å². The molecule has 0 radical (unpaired) electrons. The minimum absolute atomic E-state index is 0.458. The molecule has 23 heavy (non-hydrogen) atoms. The zero-order valence-corrected chi connectivity index (χ0v) is 14.6. The van der Waals surface area contributed by atoms with E-state index < -0.39 is 0 Å². The lowest BCUT2D eigenvalue weighted by Crippen LogP contribution is -2.22. The number of nitrogens with one attached hydrogen (secondary N) is 1. The molecule has 0 atom stereocenters. The van der Waals surface area contributed by atoms with Crippen molar-refractivity contribution in [1.82, 2.24) is 13.6 Å². The average molecular weight is 335 g/mol. The third-order valence-electron chi connectivity index (χ3n) is 3.60. The summed E-state index contributed by atoms with van der Waals surface area (Å²) in [4.78, 5) is 2.38. The van der Waals surface area contributed by atoms with E-state index in [1.165, 1.54) is 5.56 Å². The van der Waals surface area contributed by atoms with Crippen molar-refractivity contribution in [2.75, 3.05) is 37.3 Å². The Labute approximate surface area is 142 Å². The van der Waals surface area contributed by atoms with Crippen LogP contribution in [0.3, 0.4) is 0 Å². The summed E-state index contributed by atoms with van der Waals surface area (Å²) in [5.41, 5.74) is 6.95. The molecule has 0 amide bonds. The van der Waals surface area contributed by atoms with Crippen LogP contribution in [0.15, 0.2) is 24.3 Å². The number of nitrogen functional groups attached to an aromatic ring is 1. The van der Waals surface area contributed by atoms with E-state index in [2.05, 4.69) is 44.9 Å². The molecule has 3 N–H and O–H groups in total. The van der Waals surface area contributed by atoms with Crippen LogP contribution >= 0.6 is 11.7 Å². The van der Waals surface area contributed by atoms with Crippen LogP contribution in [0.5, 0.6) is 5.75 Å². The highest BCUT2D eigenvalue weighted by atomic mass is 32.1. The third-order valence-corrected chi connectivity index (χ3v) is 4.14. The first-order valence-corrected chi connectivity index (χ1v) is 8.72. The molecule has 0 saturated heterocycles. The molecule has 0 aliphatic rings. The van der Waals surface area contributed by atoms with Crippen molar-refractivity contribution in [2.45, 2.75) is 26.8 Å². The van der Waals surface area contributed by atoms with E-state index in [-0.39, 0.29) is 0 Å². The summed E-state index contributed by atoms with van der Waals surface area (Å²) in [6.07, 6.45) is 0.872. The van der Waals surface area contributed by atoms with E-state index in [0.29, 0.717) is 18.2 Å². The molecular weight excluding hydrogens is 310 g/mol. The number of ether oxygens (including phenoxy) is 1. The first-order valence-electron chi connectivity index (χ1n) is 7.99. The normalized spacial score (nSPS) is 10.9. The van der Waals surface area contributed by atoms with Gasteiger partial charge in [-0.15, -0.1) is 0 Å².